The van der Waals surface area contributed by atoms with Crippen LogP contribution in [0, 0.1) is 11.8 Å². The SMILES string of the molecule is CC1CCN(C(=O)C2CCN(C(=O)c3ccc4c(c3)OCO4)CC2)CC1. The number of piperidine rings is 2. The zero-order valence-corrected chi connectivity index (χ0v) is 15.3. The van der Waals surface area contributed by atoms with Crippen LogP contribution in [0.5, 0.6) is 11.5 Å². The average molecular weight is 358 g/mol. The molecule has 0 atom stereocenters. The van der Waals surface area contributed by atoms with E-state index < -0.39 is 0 Å². The minimum absolute atomic E-state index is 0.000922. The van der Waals surface area contributed by atoms with Crippen LogP contribution in [-0.4, -0.2) is 54.6 Å². The molecule has 3 aliphatic rings. The van der Waals surface area contributed by atoms with Crippen LogP contribution in [0.25, 0.3) is 0 Å². The van der Waals surface area contributed by atoms with E-state index in [1.54, 1.807) is 18.2 Å². The topological polar surface area (TPSA) is 59.1 Å². The summed E-state index contributed by atoms with van der Waals surface area (Å²) in [4.78, 5) is 29.3. The van der Waals surface area contributed by atoms with Crippen molar-refractivity contribution in [3.05, 3.63) is 23.8 Å². The quantitative estimate of drug-likeness (QED) is 0.815. The summed E-state index contributed by atoms with van der Waals surface area (Å²) in [5, 5.41) is 0. The zero-order valence-electron chi connectivity index (χ0n) is 15.3. The molecule has 2 fully saturated rings. The third-order valence-electron chi connectivity index (χ3n) is 5.85. The van der Waals surface area contributed by atoms with Gasteiger partial charge in [-0.05, 0) is 49.8 Å². The number of hydrogen-bond donors (Lipinski definition) is 0. The van der Waals surface area contributed by atoms with Crippen molar-refractivity contribution < 1.29 is 19.1 Å². The largest absolute Gasteiger partial charge is 0.454 e. The molecule has 0 N–H and O–H groups in total. The minimum Gasteiger partial charge on any atom is -0.454 e. The van der Waals surface area contributed by atoms with Crippen molar-refractivity contribution >= 4 is 11.8 Å². The lowest BCUT2D eigenvalue weighted by Crippen LogP contribution is -2.46. The second-order valence-corrected chi connectivity index (χ2v) is 7.64. The summed E-state index contributed by atoms with van der Waals surface area (Å²) >= 11 is 0. The van der Waals surface area contributed by atoms with Crippen molar-refractivity contribution in [1.29, 1.82) is 0 Å². The summed E-state index contributed by atoms with van der Waals surface area (Å²) in [6, 6.07) is 5.31. The fourth-order valence-electron chi connectivity index (χ4n) is 4.03. The summed E-state index contributed by atoms with van der Waals surface area (Å²) in [5.41, 5.74) is 0.615. The van der Waals surface area contributed by atoms with E-state index in [-0.39, 0.29) is 24.5 Å². The third-order valence-corrected chi connectivity index (χ3v) is 5.85. The number of benzene rings is 1. The van der Waals surface area contributed by atoms with E-state index in [0.717, 1.165) is 44.7 Å². The molecule has 3 aliphatic heterocycles. The highest BCUT2D eigenvalue weighted by molar-refractivity contribution is 5.95. The number of ether oxygens (including phenoxy) is 2. The normalized spacial score (nSPS) is 21.1. The van der Waals surface area contributed by atoms with Gasteiger partial charge in [-0.3, -0.25) is 9.59 Å². The highest BCUT2D eigenvalue weighted by atomic mass is 16.7. The van der Waals surface area contributed by atoms with Crippen LogP contribution in [0.2, 0.25) is 0 Å². The van der Waals surface area contributed by atoms with Gasteiger partial charge in [-0.2, -0.15) is 0 Å². The zero-order chi connectivity index (χ0) is 18.1. The lowest BCUT2D eigenvalue weighted by Gasteiger charge is -2.36. The number of carbonyl (C=O) groups excluding carboxylic acids is 2. The molecule has 0 radical (unpaired) electrons. The molecule has 1 aromatic carbocycles. The lowest BCUT2D eigenvalue weighted by atomic mass is 9.92. The van der Waals surface area contributed by atoms with Gasteiger partial charge in [0.1, 0.15) is 0 Å². The Morgan fingerprint density at radius 2 is 1.58 bits per heavy atom. The molecule has 0 spiro atoms. The minimum atomic E-state index is 0.000922. The van der Waals surface area contributed by atoms with Crippen molar-refractivity contribution in [3.63, 3.8) is 0 Å². The number of nitrogens with zero attached hydrogens (tertiary/aromatic N) is 2. The maximum Gasteiger partial charge on any atom is 0.253 e. The predicted molar refractivity (Wildman–Crippen MR) is 96.2 cm³/mol. The van der Waals surface area contributed by atoms with E-state index in [1.165, 1.54) is 0 Å². The Kier molecular flexibility index (Phi) is 4.74. The molecule has 0 unspecified atom stereocenters. The van der Waals surface area contributed by atoms with Crippen LogP contribution in [0.15, 0.2) is 18.2 Å². The van der Waals surface area contributed by atoms with Crippen molar-refractivity contribution in [2.75, 3.05) is 33.0 Å². The molecule has 140 valence electrons. The van der Waals surface area contributed by atoms with Crippen molar-refractivity contribution in [3.8, 4) is 11.5 Å². The molecule has 2 amide bonds. The van der Waals surface area contributed by atoms with Gasteiger partial charge in [-0.25, -0.2) is 0 Å². The summed E-state index contributed by atoms with van der Waals surface area (Å²) in [6.45, 7) is 5.49. The number of fused-ring (bicyclic) bond motifs is 1. The Balaban J connectivity index is 1.33. The molecule has 0 saturated carbocycles. The summed E-state index contributed by atoms with van der Waals surface area (Å²) in [7, 11) is 0. The van der Waals surface area contributed by atoms with Gasteiger partial charge in [0, 0.05) is 37.7 Å². The van der Waals surface area contributed by atoms with Gasteiger partial charge < -0.3 is 19.3 Å². The van der Waals surface area contributed by atoms with Crippen LogP contribution in [0.4, 0.5) is 0 Å². The molecule has 3 heterocycles. The first-order chi connectivity index (χ1) is 12.6. The van der Waals surface area contributed by atoms with Crippen LogP contribution in [-0.2, 0) is 4.79 Å². The molecule has 1 aromatic rings. The molecule has 0 aromatic heterocycles. The van der Waals surface area contributed by atoms with Gasteiger partial charge in [-0.15, -0.1) is 0 Å². The van der Waals surface area contributed by atoms with E-state index in [0.29, 0.717) is 30.2 Å². The van der Waals surface area contributed by atoms with Gasteiger partial charge in [0.15, 0.2) is 11.5 Å². The Morgan fingerprint density at radius 3 is 2.31 bits per heavy atom. The lowest BCUT2D eigenvalue weighted by molar-refractivity contribution is -0.138. The van der Waals surface area contributed by atoms with Crippen LogP contribution >= 0.6 is 0 Å². The first-order valence-corrected chi connectivity index (χ1v) is 9.59. The maximum atomic E-state index is 12.7. The fraction of sp³-hybridized carbons (Fsp3) is 0.600. The molecule has 2 saturated heterocycles. The van der Waals surface area contributed by atoms with Crippen molar-refractivity contribution in [2.45, 2.75) is 32.6 Å². The van der Waals surface area contributed by atoms with Crippen molar-refractivity contribution in [2.24, 2.45) is 11.8 Å². The molecule has 26 heavy (non-hydrogen) atoms. The number of hydrogen-bond acceptors (Lipinski definition) is 4. The molecular weight excluding hydrogens is 332 g/mol. The standard InChI is InChI=1S/C20H26N2O4/c1-14-4-8-21(9-5-14)19(23)15-6-10-22(11-7-15)20(24)16-2-3-17-18(12-16)26-13-25-17/h2-3,12,14-15H,4-11,13H2,1H3. The molecule has 4 rings (SSSR count). The molecule has 6 nitrogen and oxygen atoms in total. The van der Waals surface area contributed by atoms with E-state index in [2.05, 4.69) is 6.92 Å². The van der Waals surface area contributed by atoms with Crippen molar-refractivity contribution in [1.82, 2.24) is 9.80 Å². The highest BCUT2D eigenvalue weighted by Gasteiger charge is 2.32. The molecular formula is C20H26N2O4. The third kappa shape index (κ3) is 3.37. The molecule has 6 heteroatoms. The van der Waals surface area contributed by atoms with Crippen LogP contribution in [0.3, 0.4) is 0 Å². The number of rotatable bonds is 2. The van der Waals surface area contributed by atoms with E-state index >= 15 is 0 Å². The Morgan fingerprint density at radius 1 is 0.923 bits per heavy atom. The first kappa shape index (κ1) is 17.2. The smallest absolute Gasteiger partial charge is 0.253 e. The summed E-state index contributed by atoms with van der Waals surface area (Å²) in [5.74, 6) is 2.37. The fourth-order valence-corrected chi connectivity index (χ4v) is 4.03. The predicted octanol–water partition coefficient (Wildman–Crippen LogP) is 2.53. The van der Waals surface area contributed by atoms with Gasteiger partial charge in [-0.1, -0.05) is 6.92 Å². The van der Waals surface area contributed by atoms with Gasteiger partial charge in [0.25, 0.3) is 5.91 Å². The van der Waals surface area contributed by atoms with E-state index in [4.69, 9.17) is 9.47 Å². The number of likely N-dealkylation sites (tertiary alicyclic amines) is 2. The molecule has 0 aliphatic carbocycles. The van der Waals surface area contributed by atoms with Gasteiger partial charge in [0.05, 0.1) is 0 Å². The number of carbonyl (C=O) groups is 2. The Bertz CT molecular complexity index is 689. The van der Waals surface area contributed by atoms with E-state index in [1.807, 2.05) is 9.80 Å². The first-order valence-electron chi connectivity index (χ1n) is 9.59. The van der Waals surface area contributed by atoms with Gasteiger partial charge in [0.2, 0.25) is 12.7 Å². The molecule has 0 bridgehead atoms. The highest BCUT2D eigenvalue weighted by Crippen LogP contribution is 2.33. The average Bonchev–Trinajstić information content (AvgIpc) is 3.15. The summed E-state index contributed by atoms with van der Waals surface area (Å²) < 4.78 is 10.7. The Hall–Kier alpha value is -2.24. The van der Waals surface area contributed by atoms with Crippen LogP contribution in [0.1, 0.15) is 43.0 Å². The van der Waals surface area contributed by atoms with E-state index in [9.17, 15) is 9.59 Å². The monoisotopic (exact) mass is 358 g/mol. The second-order valence-electron chi connectivity index (χ2n) is 7.64. The summed E-state index contributed by atoms with van der Waals surface area (Å²) in [6.07, 6.45) is 3.71. The van der Waals surface area contributed by atoms with Gasteiger partial charge >= 0.3 is 0 Å². The second kappa shape index (κ2) is 7.17. The Labute approximate surface area is 154 Å². The number of amides is 2. The van der Waals surface area contributed by atoms with Crippen LogP contribution < -0.4 is 9.47 Å². The maximum absolute atomic E-state index is 12.7.